The maximum atomic E-state index is 11.3. The summed E-state index contributed by atoms with van der Waals surface area (Å²) in [4.78, 5) is 13.4. The van der Waals surface area contributed by atoms with Crippen LogP contribution in [0.1, 0.15) is 49.7 Å². The number of nitrogens with zero attached hydrogens (tertiary/aromatic N) is 2. The van der Waals surface area contributed by atoms with Gasteiger partial charge in [-0.05, 0) is 97.2 Å². The molecule has 0 bridgehead atoms. The lowest BCUT2D eigenvalue weighted by Gasteiger charge is -2.24. The molecule has 0 aromatic heterocycles. The number of hydrogen-bond acceptors (Lipinski definition) is 5. The van der Waals surface area contributed by atoms with E-state index in [2.05, 4.69) is 52.7 Å². The van der Waals surface area contributed by atoms with Gasteiger partial charge in [-0.3, -0.25) is 10.1 Å². The summed E-state index contributed by atoms with van der Waals surface area (Å²) < 4.78 is 0. The summed E-state index contributed by atoms with van der Waals surface area (Å²) in [6.45, 7) is 4.55. The molecule has 36 heavy (non-hydrogen) atoms. The fourth-order valence-electron chi connectivity index (χ4n) is 5.91. The SMILES string of the molecule is O=[N+]([O-])c1ccc(/C(=C(\CCCO)C2=CCCC=C2)c2ccc(N3CCC4(CCNC4)C3)cc2)cc1. The van der Waals surface area contributed by atoms with Crippen molar-refractivity contribution in [2.45, 2.75) is 38.5 Å². The molecule has 1 spiro atoms. The van der Waals surface area contributed by atoms with Gasteiger partial charge in [0.25, 0.3) is 5.69 Å². The molecule has 2 aliphatic heterocycles. The Morgan fingerprint density at radius 2 is 1.81 bits per heavy atom. The molecule has 6 nitrogen and oxygen atoms in total. The Bertz CT molecular complexity index is 1170. The Kier molecular flexibility index (Phi) is 7.35. The van der Waals surface area contributed by atoms with Gasteiger partial charge < -0.3 is 15.3 Å². The van der Waals surface area contributed by atoms with E-state index in [4.69, 9.17) is 0 Å². The second-order valence-corrected chi connectivity index (χ2v) is 10.3. The zero-order valence-corrected chi connectivity index (χ0v) is 20.8. The highest BCUT2D eigenvalue weighted by molar-refractivity contribution is 5.86. The van der Waals surface area contributed by atoms with Crippen LogP contribution in [0.2, 0.25) is 0 Å². The minimum absolute atomic E-state index is 0.0894. The van der Waals surface area contributed by atoms with E-state index in [0.717, 1.165) is 62.1 Å². The van der Waals surface area contributed by atoms with Crippen molar-refractivity contribution in [2.24, 2.45) is 5.41 Å². The number of anilines is 1. The number of hydrogen-bond donors (Lipinski definition) is 2. The highest BCUT2D eigenvalue weighted by Gasteiger charge is 2.40. The molecule has 2 aromatic rings. The van der Waals surface area contributed by atoms with Crippen LogP contribution in [0.3, 0.4) is 0 Å². The first-order chi connectivity index (χ1) is 17.6. The Morgan fingerprint density at radius 1 is 1.06 bits per heavy atom. The molecule has 0 amide bonds. The fraction of sp³-hybridized carbons (Fsp3) is 0.400. The van der Waals surface area contributed by atoms with E-state index in [0.29, 0.717) is 11.8 Å². The van der Waals surface area contributed by atoms with Gasteiger partial charge in [-0.2, -0.15) is 0 Å². The summed E-state index contributed by atoms with van der Waals surface area (Å²) in [5.74, 6) is 0. The van der Waals surface area contributed by atoms with Crippen molar-refractivity contribution in [3.8, 4) is 0 Å². The molecule has 6 heteroatoms. The van der Waals surface area contributed by atoms with Crippen LogP contribution < -0.4 is 10.2 Å². The van der Waals surface area contributed by atoms with E-state index in [1.54, 1.807) is 12.1 Å². The number of aliphatic hydroxyl groups excluding tert-OH is 1. The van der Waals surface area contributed by atoms with Crippen LogP contribution in [0, 0.1) is 15.5 Å². The van der Waals surface area contributed by atoms with Gasteiger partial charge >= 0.3 is 0 Å². The summed E-state index contributed by atoms with van der Waals surface area (Å²) >= 11 is 0. The molecule has 0 saturated carbocycles. The predicted molar refractivity (Wildman–Crippen MR) is 145 cm³/mol. The molecule has 3 aliphatic rings. The minimum Gasteiger partial charge on any atom is -0.396 e. The number of allylic oxidation sites excluding steroid dienone is 5. The lowest BCUT2D eigenvalue weighted by atomic mass is 9.85. The van der Waals surface area contributed by atoms with Crippen molar-refractivity contribution in [1.29, 1.82) is 0 Å². The number of nitro groups is 1. The van der Waals surface area contributed by atoms with E-state index in [1.807, 2.05) is 12.1 Å². The van der Waals surface area contributed by atoms with Crippen LogP contribution in [-0.2, 0) is 0 Å². The van der Waals surface area contributed by atoms with Crippen molar-refractivity contribution in [3.63, 3.8) is 0 Å². The van der Waals surface area contributed by atoms with E-state index >= 15 is 0 Å². The first-order valence-corrected chi connectivity index (χ1v) is 13.1. The Labute approximate surface area is 213 Å². The molecule has 1 atom stereocenters. The molecule has 1 unspecified atom stereocenters. The summed E-state index contributed by atoms with van der Waals surface area (Å²) in [7, 11) is 0. The quantitative estimate of drug-likeness (QED) is 0.374. The monoisotopic (exact) mass is 485 g/mol. The zero-order valence-electron chi connectivity index (χ0n) is 20.8. The van der Waals surface area contributed by atoms with Crippen LogP contribution in [-0.4, -0.2) is 42.8 Å². The maximum Gasteiger partial charge on any atom is 0.269 e. The topological polar surface area (TPSA) is 78.6 Å². The lowest BCUT2D eigenvalue weighted by Crippen LogP contribution is -2.29. The molecule has 188 valence electrons. The smallest absolute Gasteiger partial charge is 0.269 e. The summed E-state index contributed by atoms with van der Waals surface area (Å²) in [6.07, 6.45) is 12.6. The number of rotatable bonds is 8. The van der Waals surface area contributed by atoms with E-state index in [9.17, 15) is 15.2 Å². The van der Waals surface area contributed by atoms with Gasteiger partial charge in [0, 0.05) is 49.5 Å². The van der Waals surface area contributed by atoms with Crippen molar-refractivity contribution < 1.29 is 10.0 Å². The van der Waals surface area contributed by atoms with E-state index in [1.165, 1.54) is 29.7 Å². The molecule has 5 rings (SSSR count). The van der Waals surface area contributed by atoms with Gasteiger partial charge in [0.05, 0.1) is 4.92 Å². The third-order valence-corrected chi connectivity index (χ3v) is 7.89. The molecular weight excluding hydrogens is 450 g/mol. The van der Waals surface area contributed by atoms with Gasteiger partial charge in [-0.15, -0.1) is 0 Å². The summed E-state index contributed by atoms with van der Waals surface area (Å²) in [5.41, 5.74) is 7.25. The number of aliphatic hydroxyl groups is 1. The first kappa shape index (κ1) is 24.5. The fourth-order valence-corrected chi connectivity index (χ4v) is 5.91. The molecule has 2 heterocycles. The van der Waals surface area contributed by atoms with Crippen LogP contribution in [0.5, 0.6) is 0 Å². The minimum atomic E-state index is -0.357. The highest BCUT2D eigenvalue weighted by Crippen LogP contribution is 2.40. The molecule has 2 N–H and O–H groups in total. The largest absolute Gasteiger partial charge is 0.396 e. The van der Waals surface area contributed by atoms with Crippen molar-refractivity contribution in [2.75, 3.05) is 37.7 Å². The summed E-state index contributed by atoms with van der Waals surface area (Å²) in [6, 6.07) is 15.7. The van der Waals surface area contributed by atoms with Gasteiger partial charge in [0.15, 0.2) is 0 Å². The van der Waals surface area contributed by atoms with Crippen molar-refractivity contribution in [1.82, 2.24) is 5.32 Å². The highest BCUT2D eigenvalue weighted by atomic mass is 16.6. The average molecular weight is 486 g/mol. The number of nitro benzene ring substituents is 1. The Hall–Kier alpha value is -3.22. The second kappa shape index (κ2) is 10.8. The molecular formula is C30H35N3O3. The first-order valence-electron chi connectivity index (χ1n) is 13.1. The Balaban J connectivity index is 1.53. The molecule has 2 fully saturated rings. The van der Waals surface area contributed by atoms with Gasteiger partial charge in [0.2, 0.25) is 0 Å². The van der Waals surface area contributed by atoms with Crippen LogP contribution in [0.4, 0.5) is 11.4 Å². The van der Waals surface area contributed by atoms with Crippen LogP contribution in [0.15, 0.2) is 77.9 Å². The number of nitrogens with one attached hydrogen (secondary N) is 1. The third-order valence-electron chi connectivity index (χ3n) is 7.89. The molecule has 2 saturated heterocycles. The predicted octanol–water partition coefficient (Wildman–Crippen LogP) is 5.64. The molecule has 2 aromatic carbocycles. The Morgan fingerprint density at radius 3 is 2.42 bits per heavy atom. The summed E-state index contributed by atoms with van der Waals surface area (Å²) in [5, 5.41) is 24.4. The van der Waals surface area contributed by atoms with Gasteiger partial charge in [-0.1, -0.05) is 30.4 Å². The van der Waals surface area contributed by atoms with Gasteiger partial charge in [-0.25, -0.2) is 0 Å². The molecule has 1 aliphatic carbocycles. The van der Waals surface area contributed by atoms with Crippen molar-refractivity contribution >= 4 is 16.9 Å². The third kappa shape index (κ3) is 5.15. The van der Waals surface area contributed by atoms with E-state index < -0.39 is 0 Å². The standard InChI is InChI=1S/C30H35N3O3/c34-20-4-7-28(23-5-2-1-3-6-23)29(25-10-14-27(15-11-25)33(35)36)24-8-12-26(13-9-24)32-19-17-30(22-32)16-18-31-21-30/h2,5-6,8-15,31,34H,1,3-4,7,16-22H2/b29-28+. The normalized spacial score (nSPS) is 22.1. The maximum absolute atomic E-state index is 11.3. The lowest BCUT2D eigenvalue weighted by molar-refractivity contribution is -0.384. The number of non-ortho nitro benzene ring substituents is 1. The van der Waals surface area contributed by atoms with Gasteiger partial charge in [0.1, 0.15) is 0 Å². The van der Waals surface area contributed by atoms with E-state index in [-0.39, 0.29) is 17.2 Å². The second-order valence-electron chi connectivity index (χ2n) is 10.3. The average Bonchev–Trinajstić information content (AvgIpc) is 3.57. The van der Waals surface area contributed by atoms with Crippen molar-refractivity contribution in [3.05, 3.63) is 99.1 Å². The zero-order chi connectivity index (χ0) is 25.0. The van der Waals surface area contributed by atoms with Crippen LogP contribution >= 0.6 is 0 Å². The molecule has 0 radical (unpaired) electrons. The number of benzene rings is 2. The van der Waals surface area contributed by atoms with Crippen LogP contribution in [0.25, 0.3) is 5.57 Å².